The van der Waals surface area contributed by atoms with Crippen molar-refractivity contribution in [3.63, 3.8) is 0 Å². The molecule has 0 aliphatic rings. The number of ether oxygens (including phenoxy) is 2. The van der Waals surface area contributed by atoms with E-state index >= 15 is 0 Å². The number of hydrogen-bond donors (Lipinski definition) is 0. The van der Waals surface area contributed by atoms with Crippen molar-refractivity contribution in [1.29, 1.82) is 0 Å². The molecule has 0 aromatic heterocycles. The third-order valence-corrected chi connectivity index (χ3v) is 3.52. The fourth-order valence-corrected chi connectivity index (χ4v) is 2.23. The molecule has 0 aromatic rings. The summed E-state index contributed by atoms with van der Waals surface area (Å²) >= 11 is 0. The number of hydrogen-bond acceptors (Lipinski definition) is 4. The van der Waals surface area contributed by atoms with E-state index in [1.165, 1.54) is 0 Å². The van der Waals surface area contributed by atoms with Crippen LogP contribution in [-0.4, -0.2) is 33.2 Å². The van der Waals surface area contributed by atoms with Crippen molar-refractivity contribution in [2.45, 2.75) is 46.3 Å². The highest BCUT2D eigenvalue weighted by atomic mass is 28.3. The van der Waals surface area contributed by atoms with Crippen molar-refractivity contribution in [3.8, 4) is 23.8 Å². The fraction of sp³-hybridized carbons (Fsp3) is 0.625. The molecule has 0 amide bonds. The van der Waals surface area contributed by atoms with E-state index in [0.717, 1.165) is 0 Å². The molecule has 0 aliphatic heterocycles. The molecule has 0 saturated carbocycles. The van der Waals surface area contributed by atoms with Crippen molar-refractivity contribution >= 4 is 20.0 Å². The molecular weight excluding hydrogens is 284 g/mol. The molecule has 0 unspecified atom stereocenters. The van der Waals surface area contributed by atoms with Gasteiger partial charge in [0.05, 0.1) is 13.2 Å². The molecule has 0 saturated heterocycles. The predicted molar refractivity (Wildman–Crippen MR) is 84.9 cm³/mol. The van der Waals surface area contributed by atoms with Crippen LogP contribution in [0.25, 0.3) is 0 Å². The average Bonchev–Trinajstić information content (AvgIpc) is 2.36. The van der Waals surface area contributed by atoms with Gasteiger partial charge in [0.2, 0.25) is 0 Å². The minimum absolute atomic E-state index is 0.0269. The van der Waals surface area contributed by atoms with Crippen LogP contribution in [0.15, 0.2) is 0 Å². The zero-order valence-corrected chi connectivity index (χ0v) is 14.5. The van der Waals surface area contributed by atoms with Crippen molar-refractivity contribution in [2.24, 2.45) is 5.41 Å². The van der Waals surface area contributed by atoms with E-state index in [9.17, 15) is 9.59 Å². The maximum atomic E-state index is 12.3. The van der Waals surface area contributed by atoms with Crippen LogP contribution in [0.5, 0.6) is 0 Å². The van der Waals surface area contributed by atoms with E-state index in [0.29, 0.717) is 0 Å². The minimum Gasteiger partial charge on any atom is -0.465 e. The van der Waals surface area contributed by atoms with E-state index in [2.05, 4.69) is 37.0 Å². The summed E-state index contributed by atoms with van der Waals surface area (Å²) in [4.78, 5) is 24.5. The van der Waals surface area contributed by atoms with Crippen LogP contribution in [0, 0.1) is 29.2 Å². The first kappa shape index (κ1) is 19.3. The highest BCUT2D eigenvalue weighted by Gasteiger charge is 2.48. The summed E-state index contributed by atoms with van der Waals surface area (Å²) in [6.07, 6.45) is 5.28. The molecule has 0 rings (SSSR count). The summed E-state index contributed by atoms with van der Waals surface area (Å²) in [5, 5.41) is 0. The van der Waals surface area contributed by atoms with Crippen LogP contribution < -0.4 is 0 Å². The first-order valence-electron chi connectivity index (χ1n) is 7.01. The van der Waals surface area contributed by atoms with Gasteiger partial charge in [-0.25, -0.2) is 0 Å². The Labute approximate surface area is 128 Å². The first-order valence-corrected chi connectivity index (χ1v) is 10.5. The number of terminal acetylenes is 1. The van der Waals surface area contributed by atoms with Crippen LogP contribution in [0.4, 0.5) is 0 Å². The standard InChI is InChI=1S/C16H24O4Si/c1-7-11-16(14(17)19-8-2,15(18)20-9-3)12-10-13-21(4,5)6/h1H,8-9,11-12H2,2-6H3. The van der Waals surface area contributed by atoms with Crippen LogP contribution in [0.3, 0.4) is 0 Å². The molecular formula is C16H24O4Si. The Morgan fingerprint density at radius 2 is 1.52 bits per heavy atom. The van der Waals surface area contributed by atoms with Gasteiger partial charge in [0, 0.05) is 12.8 Å². The van der Waals surface area contributed by atoms with Crippen molar-refractivity contribution < 1.29 is 19.1 Å². The molecule has 0 fully saturated rings. The maximum Gasteiger partial charge on any atom is 0.325 e. The van der Waals surface area contributed by atoms with Gasteiger partial charge in [-0.05, 0) is 13.8 Å². The third kappa shape index (κ3) is 6.06. The van der Waals surface area contributed by atoms with Gasteiger partial charge in [0.25, 0.3) is 0 Å². The Morgan fingerprint density at radius 3 is 1.86 bits per heavy atom. The second-order valence-corrected chi connectivity index (χ2v) is 10.4. The summed E-state index contributed by atoms with van der Waals surface area (Å²) in [6.45, 7) is 9.94. The van der Waals surface area contributed by atoms with Crippen molar-refractivity contribution in [1.82, 2.24) is 0 Å². The number of esters is 2. The van der Waals surface area contributed by atoms with Gasteiger partial charge in [0.1, 0.15) is 8.07 Å². The van der Waals surface area contributed by atoms with Gasteiger partial charge in [0.15, 0.2) is 5.41 Å². The van der Waals surface area contributed by atoms with Crippen LogP contribution >= 0.6 is 0 Å². The zero-order valence-electron chi connectivity index (χ0n) is 13.5. The lowest BCUT2D eigenvalue weighted by Gasteiger charge is -2.25. The summed E-state index contributed by atoms with van der Waals surface area (Å²) in [6, 6.07) is 0. The Balaban J connectivity index is 5.56. The monoisotopic (exact) mass is 308 g/mol. The summed E-state index contributed by atoms with van der Waals surface area (Å²) in [7, 11) is -1.60. The number of carbonyl (C=O) groups is 2. The van der Waals surface area contributed by atoms with E-state index in [1.807, 2.05) is 0 Å². The molecule has 0 aliphatic carbocycles. The maximum absolute atomic E-state index is 12.3. The Hall–Kier alpha value is -1.72. The Morgan fingerprint density at radius 1 is 1.05 bits per heavy atom. The quantitative estimate of drug-likeness (QED) is 0.327. The third-order valence-electron chi connectivity index (χ3n) is 2.59. The number of carbonyl (C=O) groups excluding carboxylic acids is 2. The second-order valence-electron chi connectivity index (χ2n) is 5.63. The SMILES string of the molecule is C#CCC(CC#C[Si](C)(C)C)(C(=O)OCC)C(=O)OCC. The minimum atomic E-state index is -1.60. The van der Waals surface area contributed by atoms with Crippen molar-refractivity contribution in [2.75, 3.05) is 13.2 Å². The topological polar surface area (TPSA) is 52.6 Å². The average molecular weight is 308 g/mol. The molecule has 4 nitrogen and oxygen atoms in total. The van der Waals surface area contributed by atoms with Gasteiger partial charge in [-0.2, -0.15) is 0 Å². The molecule has 5 heteroatoms. The van der Waals surface area contributed by atoms with Crippen LogP contribution in [0.2, 0.25) is 19.6 Å². The summed E-state index contributed by atoms with van der Waals surface area (Å²) in [5.74, 6) is 4.00. The van der Waals surface area contributed by atoms with Gasteiger partial charge >= 0.3 is 11.9 Å². The van der Waals surface area contributed by atoms with E-state index in [1.54, 1.807) is 13.8 Å². The van der Waals surface area contributed by atoms with Crippen LogP contribution in [-0.2, 0) is 19.1 Å². The van der Waals surface area contributed by atoms with Gasteiger partial charge in [-0.15, -0.1) is 23.8 Å². The zero-order chi connectivity index (χ0) is 16.5. The highest BCUT2D eigenvalue weighted by molar-refractivity contribution is 6.83. The van der Waals surface area contributed by atoms with Crippen molar-refractivity contribution in [3.05, 3.63) is 0 Å². The molecule has 0 atom stereocenters. The lowest BCUT2D eigenvalue weighted by molar-refractivity contribution is -0.171. The van der Waals surface area contributed by atoms with Gasteiger partial charge in [-0.1, -0.05) is 19.6 Å². The largest absolute Gasteiger partial charge is 0.465 e. The normalized spacial score (nSPS) is 10.9. The molecule has 0 bridgehead atoms. The lowest BCUT2D eigenvalue weighted by atomic mass is 9.81. The second kappa shape index (κ2) is 8.54. The molecule has 116 valence electrons. The molecule has 0 aromatic carbocycles. The Kier molecular flexibility index (Phi) is 7.84. The van der Waals surface area contributed by atoms with E-state index < -0.39 is 25.4 Å². The van der Waals surface area contributed by atoms with E-state index in [-0.39, 0.29) is 26.1 Å². The van der Waals surface area contributed by atoms with Crippen LogP contribution in [0.1, 0.15) is 26.7 Å². The summed E-state index contributed by atoms with van der Waals surface area (Å²) in [5.41, 5.74) is 1.61. The molecule has 0 N–H and O–H groups in total. The van der Waals surface area contributed by atoms with E-state index in [4.69, 9.17) is 15.9 Å². The van der Waals surface area contributed by atoms with Gasteiger partial charge < -0.3 is 9.47 Å². The molecule has 0 spiro atoms. The Bertz CT molecular complexity index is 453. The predicted octanol–water partition coefficient (Wildman–Crippen LogP) is 2.39. The summed E-state index contributed by atoms with van der Waals surface area (Å²) < 4.78 is 10.0. The smallest absolute Gasteiger partial charge is 0.325 e. The first-order chi connectivity index (χ1) is 9.73. The molecule has 21 heavy (non-hydrogen) atoms. The lowest BCUT2D eigenvalue weighted by Crippen LogP contribution is -2.42. The van der Waals surface area contributed by atoms with Gasteiger partial charge in [-0.3, -0.25) is 9.59 Å². The molecule has 0 radical (unpaired) electrons. The fourth-order valence-electron chi connectivity index (χ4n) is 1.61. The highest BCUT2D eigenvalue weighted by Crippen LogP contribution is 2.30. The molecule has 0 heterocycles. The number of rotatable bonds is 6.